The van der Waals surface area contributed by atoms with Gasteiger partial charge in [-0.3, -0.25) is 9.59 Å². The molecule has 1 amide bonds. The van der Waals surface area contributed by atoms with Gasteiger partial charge < -0.3 is 10.4 Å². The number of carboxylic acids is 1. The zero-order valence-electron chi connectivity index (χ0n) is 12.4. The minimum absolute atomic E-state index is 0.0498. The lowest BCUT2D eigenvalue weighted by Gasteiger charge is -2.27. The number of hydrogen-bond donors (Lipinski definition) is 2. The van der Waals surface area contributed by atoms with Crippen molar-refractivity contribution in [3.63, 3.8) is 0 Å². The molecule has 118 valence electrons. The molecule has 0 rings (SSSR count). The van der Waals surface area contributed by atoms with Crippen LogP contribution in [0.2, 0.25) is 0 Å². The van der Waals surface area contributed by atoms with Crippen molar-refractivity contribution in [2.24, 2.45) is 5.92 Å². The van der Waals surface area contributed by atoms with Gasteiger partial charge in [-0.15, -0.1) is 0 Å². The number of sulfonamides is 1. The molecule has 20 heavy (non-hydrogen) atoms. The Morgan fingerprint density at radius 2 is 1.85 bits per heavy atom. The highest BCUT2D eigenvalue weighted by Gasteiger charge is 2.32. The minimum atomic E-state index is -3.67. The van der Waals surface area contributed by atoms with Crippen molar-refractivity contribution in [2.45, 2.75) is 40.2 Å². The zero-order valence-corrected chi connectivity index (χ0v) is 13.2. The molecule has 2 N–H and O–H groups in total. The Morgan fingerprint density at radius 1 is 1.30 bits per heavy atom. The Kier molecular flexibility index (Phi) is 7.74. The maximum Gasteiger partial charge on any atom is 0.321 e. The summed E-state index contributed by atoms with van der Waals surface area (Å²) in [6.45, 7) is 6.36. The molecule has 0 aliphatic rings. The second kappa shape index (κ2) is 8.21. The fourth-order valence-corrected chi connectivity index (χ4v) is 3.70. The van der Waals surface area contributed by atoms with Gasteiger partial charge in [-0.1, -0.05) is 20.3 Å². The lowest BCUT2D eigenvalue weighted by atomic mass is 10.2. The first-order valence-corrected chi connectivity index (χ1v) is 8.19. The summed E-state index contributed by atoms with van der Waals surface area (Å²) in [5.74, 6) is -1.64. The molecule has 0 bridgehead atoms. The van der Waals surface area contributed by atoms with E-state index in [2.05, 4.69) is 5.32 Å². The van der Waals surface area contributed by atoms with Gasteiger partial charge in [0.2, 0.25) is 15.9 Å². The first-order valence-electron chi connectivity index (χ1n) is 6.58. The van der Waals surface area contributed by atoms with Crippen molar-refractivity contribution >= 4 is 21.9 Å². The smallest absolute Gasteiger partial charge is 0.321 e. The summed E-state index contributed by atoms with van der Waals surface area (Å²) in [5, 5.41) is 11.5. The third kappa shape index (κ3) is 6.33. The molecular formula is C12H24N2O5S. The molecule has 0 aromatic carbocycles. The van der Waals surface area contributed by atoms with Crippen LogP contribution in [0.4, 0.5) is 0 Å². The van der Waals surface area contributed by atoms with Crippen LogP contribution in [0.3, 0.4) is 0 Å². The van der Waals surface area contributed by atoms with Gasteiger partial charge in [0.05, 0.1) is 5.75 Å². The van der Waals surface area contributed by atoms with Gasteiger partial charge in [0.1, 0.15) is 6.04 Å². The van der Waals surface area contributed by atoms with Crippen LogP contribution in [0, 0.1) is 5.92 Å². The van der Waals surface area contributed by atoms with Crippen molar-refractivity contribution in [1.82, 2.24) is 9.62 Å². The molecule has 0 aromatic rings. The molecule has 0 heterocycles. The SMILES string of the molecule is CCC(C)CS(=O)(=O)N(CCNC(C)=O)C(C)C(=O)O. The molecule has 0 aliphatic heterocycles. The van der Waals surface area contributed by atoms with E-state index in [0.717, 1.165) is 4.31 Å². The summed E-state index contributed by atoms with van der Waals surface area (Å²) in [4.78, 5) is 21.9. The van der Waals surface area contributed by atoms with E-state index >= 15 is 0 Å². The van der Waals surface area contributed by atoms with E-state index < -0.39 is 22.0 Å². The van der Waals surface area contributed by atoms with Crippen LogP contribution in [0.25, 0.3) is 0 Å². The predicted molar refractivity (Wildman–Crippen MR) is 75.7 cm³/mol. The van der Waals surface area contributed by atoms with Gasteiger partial charge >= 0.3 is 5.97 Å². The van der Waals surface area contributed by atoms with Crippen molar-refractivity contribution in [2.75, 3.05) is 18.8 Å². The van der Waals surface area contributed by atoms with E-state index in [-0.39, 0.29) is 30.7 Å². The second-order valence-corrected chi connectivity index (χ2v) is 6.87. The van der Waals surface area contributed by atoms with Gasteiger partial charge in [0.15, 0.2) is 0 Å². The van der Waals surface area contributed by atoms with Gasteiger partial charge in [-0.25, -0.2) is 8.42 Å². The third-order valence-corrected chi connectivity index (χ3v) is 5.25. The average Bonchev–Trinajstić information content (AvgIpc) is 2.32. The van der Waals surface area contributed by atoms with Gasteiger partial charge in [0.25, 0.3) is 0 Å². The quantitative estimate of drug-likeness (QED) is 0.636. The van der Waals surface area contributed by atoms with Crippen molar-refractivity contribution < 1.29 is 23.1 Å². The molecule has 0 fully saturated rings. The fraction of sp³-hybridized carbons (Fsp3) is 0.833. The summed E-state index contributed by atoms with van der Waals surface area (Å²) in [5.41, 5.74) is 0. The summed E-state index contributed by atoms with van der Waals surface area (Å²) < 4.78 is 25.5. The van der Waals surface area contributed by atoms with E-state index in [4.69, 9.17) is 5.11 Å². The van der Waals surface area contributed by atoms with Gasteiger partial charge in [0, 0.05) is 20.0 Å². The molecule has 2 atom stereocenters. The highest BCUT2D eigenvalue weighted by Crippen LogP contribution is 2.13. The molecule has 0 spiro atoms. The number of hydrogen-bond acceptors (Lipinski definition) is 4. The molecule has 0 aromatic heterocycles. The number of carboxylic acid groups (broad SMARTS) is 1. The van der Waals surface area contributed by atoms with Crippen LogP contribution in [0.5, 0.6) is 0 Å². The normalized spacial score (nSPS) is 14.8. The summed E-state index contributed by atoms with van der Waals surface area (Å²) in [7, 11) is -3.67. The van der Waals surface area contributed by atoms with Crippen LogP contribution >= 0.6 is 0 Å². The van der Waals surface area contributed by atoms with Gasteiger partial charge in [-0.2, -0.15) is 4.31 Å². The average molecular weight is 308 g/mol. The van der Waals surface area contributed by atoms with Crippen LogP contribution in [-0.4, -0.2) is 54.6 Å². The number of aliphatic carboxylic acids is 1. The lowest BCUT2D eigenvalue weighted by molar-refractivity contribution is -0.140. The number of nitrogens with zero attached hydrogens (tertiary/aromatic N) is 1. The first-order chi connectivity index (χ1) is 9.11. The van der Waals surface area contributed by atoms with E-state index in [1.807, 2.05) is 6.92 Å². The van der Waals surface area contributed by atoms with E-state index in [1.165, 1.54) is 13.8 Å². The van der Waals surface area contributed by atoms with Crippen LogP contribution in [0.15, 0.2) is 0 Å². The molecule has 8 heteroatoms. The Bertz CT molecular complexity index is 435. The Balaban J connectivity index is 5.00. The second-order valence-electron chi connectivity index (χ2n) is 4.90. The van der Waals surface area contributed by atoms with E-state index in [0.29, 0.717) is 6.42 Å². The molecule has 0 saturated heterocycles. The fourth-order valence-electron chi connectivity index (χ4n) is 1.61. The number of nitrogens with one attached hydrogen (secondary N) is 1. The summed E-state index contributed by atoms with van der Waals surface area (Å²) in [6.07, 6.45) is 0.695. The molecule has 0 radical (unpaired) electrons. The van der Waals surface area contributed by atoms with E-state index in [1.54, 1.807) is 6.92 Å². The predicted octanol–water partition coefficient (Wildman–Crippen LogP) is 0.274. The number of rotatable bonds is 9. The number of amides is 1. The largest absolute Gasteiger partial charge is 0.480 e. The monoisotopic (exact) mass is 308 g/mol. The highest BCUT2D eigenvalue weighted by atomic mass is 32.2. The molecular weight excluding hydrogens is 284 g/mol. The van der Waals surface area contributed by atoms with E-state index in [9.17, 15) is 18.0 Å². The number of carbonyl (C=O) groups excluding carboxylic acids is 1. The Morgan fingerprint density at radius 3 is 2.25 bits per heavy atom. The lowest BCUT2D eigenvalue weighted by Crippen LogP contribution is -2.48. The topological polar surface area (TPSA) is 104 Å². The standard InChI is InChI=1S/C12H24N2O5S/c1-5-9(2)8-20(18,19)14(10(3)12(16)17)7-6-13-11(4)15/h9-10H,5-8H2,1-4H3,(H,13,15)(H,16,17). The molecule has 0 saturated carbocycles. The summed E-state index contributed by atoms with van der Waals surface area (Å²) in [6, 6.07) is -1.15. The summed E-state index contributed by atoms with van der Waals surface area (Å²) >= 11 is 0. The van der Waals surface area contributed by atoms with Crippen LogP contribution < -0.4 is 5.32 Å². The first kappa shape index (κ1) is 18.9. The Hall–Kier alpha value is -1.15. The maximum absolute atomic E-state index is 12.3. The minimum Gasteiger partial charge on any atom is -0.480 e. The van der Waals surface area contributed by atoms with Crippen LogP contribution in [0.1, 0.15) is 34.1 Å². The van der Waals surface area contributed by atoms with Crippen molar-refractivity contribution in [3.05, 3.63) is 0 Å². The van der Waals surface area contributed by atoms with Gasteiger partial charge in [-0.05, 0) is 12.8 Å². The molecule has 7 nitrogen and oxygen atoms in total. The maximum atomic E-state index is 12.3. The molecule has 2 unspecified atom stereocenters. The molecule has 0 aliphatic carbocycles. The number of carbonyl (C=O) groups is 2. The third-order valence-electron chi connectivity index (χ3n) is 3.04. The van der Waals surface area contributed by atoms with Crippen molar-refractivity contribution in [1.29, 1.82) is 0 Å². The van der Waals surface area contributed by atoms with Crippen LogP contribution in [-0.2, 0) is 19.6 Å². The zero-order chi connectivity index (χ0) is 15.9. The Labute approximate surface area is 120 Å². The van der Waals surface area contributed by atoms with Crippen molar-refractivity contribution in [3.8, 4) is 0 Å². The highest BCUT2D eigenvalue weighted by molar-refractivity contribution is 7.89.